The van der Waals surface area contributed by atoms with Crippen molar-refractivity contribution in [3.8, 4) is 0 Å². The molecule has 1 heterocycles. The molecule has 2 rings (SSSR count). The lowest BCUT2D eigenvalue weighted by Gasteiger charge is -2.19. The van der Waals surface area contributed by atoms with Gasteiger partial charge < -0.3 is 5.32 Å². The summed E-state index contributed by atoms with van der Waals surface area (Å²) in [4.78, 5) is 1.34. The maximum absolute atomic E-state index is 6.33. The van der Waals surface area contributed by atoms with Gasteiger partial charge in [0.25, 0.3) is 0 Å². The zero-order valence-electron chi connectivity index (χ0n) is 10.4. The Balaban J connectivity index is 2.26. The highest BCUT2D eigenvalue weighted by Crippen LogP contribution is 2.31. The molecule has 0 aliphatic rings. The molecule has 1 unspecified atom stereocenters. The molecule has 0 bridgehead atoms. The van der Waals surface area contributed by atoms with E-state index in [-0.39, 0.29) is 6.04 Å². The Hall–Kier alpha value is 0.130. The molecule has 102 valence electrons. The molecular formula is C14H14Br2ClNS. The quantitative estimate of drug-likeness (QED) is 0.639. The van der Waals surface area contributed by atoms with Crippen LogP contribution >= 0.6 is 54.8 Å². The number of benzene rings is 1. The molecule has 0 fully saturated rings. The highest BCUT2D eigenvalue weighted by molar-refractivity contribution is 9.10. The second-order valence-electron chi connectivity index (χ2n) is 4.21. The van der Waals surface area contributed by atoms with E-state index in [9.17, 15) is 0 Å². The van der Waals surface area contributed by atoms with Crippen molar-refractivity contribution in [3.63, 3.8) is 0 Å². The summed E-state index contributed by atoms with van der Waals surface area (Å²) in [7, 11) is 0. The molecule has 19 heavy (non-hydrogen) atoms. The number of hydrogen-bond acceptors (Lipinski definition) is 2. The van der Waals surface area contributed by atoms with Gasteiger partial charge in [0, 0.05) is 36.7 Å². The molecule has 1 aromatic carbocycles. The Morgan fingerprint density at radius 1 is 1.26 bits per heavy atom. The first-order valence-electron chi connectivity index (χ1n) is 6.01. The van der Waals surface area contributed by atoms with Crippen molar-refractivity contribution < 1.29 is 0 Å². The summed E-state index contributed by atoms with van der Waals surface area (Å²) in [6, 6.07) is 8.41. The van der Waals surface area contributed by atoms with E-state index in [1.54, 1.807) is 11.3 Å². The Bertz CT molecular complexity index is 556. The maximum Gasteiger partial charge on any atom is 0.0454 e. The van der Waals surface area contributed by atoms with Gasteiger partial charge in [-0.05, 0) is 52.3 Å². The van der Waals surface area contributed by atoms with Crippen LogP contribution in [0.3, 0.4) is 0 Å². The van der Waals surface area contributed by atoms with Crippen LogP contribution in [0.1, 0.15) is 23.4 Å². The molecule has 0 spiro atoms. The van der Waals surface area contributed by atoms with Gasteiger partial charge in [-0.2, -0.15) is 0 Å². The van der Waals surface area contributed by atoms with Crippen molar-refractivity contribution in [1.29, 1.82) is 0 Å². The van der Waals surface area contributed by atoms with Crippen molar-refractivity contribution in [1.82, 2.24) is 5.32 Å². The van der Waals surface area contributed by atoms with E-state index < -0.39 is 0 Å². The van der Waals surface area contributed by atoms with Gasteiger partial charge >= 0.3 is 0 Å². The molecule has 0 amide bonds. The van der Waals surface area contributed by atoms with Gasteiger partial charge in [0.2, 0.25) is 0 Å². The van der Waals surface area contributed by atoms with E-state index in [0.717, 1.165) is 32.5 Å². The third-order valence-corrected chi connectivity index (χ3v) is 5.37. The van der Waals surface area contributed by atoms with E-state index >= 15 is 0 Å². The topological polar surface area (TPSA) is 12.0 Å². The smallest absolute Gasteiger partial charge is 0.0454 e. The van der Waals surface area contributed by atoms with Crippen LogP contribution in [0.25, 0.3) is 0 Å². The lowest BCUT2D eigenvalue weighted by Crippen LogP contribution is -2.23. The monoisotopic (exact) mass is 421 g/mol. The Morgan fingerprint density at radius 3 is 2.68 bits per heavy atom. The van der Waals surface area contributed by atoms with E-state index in [2.05, 4.69) is 61.6 Å². The predicted octanol–water partition coefficient (Wildman–Crippen LogP) is 5.82. The third-order valence-electron chi connectivity index (χ3n) is 2.81. The van der Waals surface area contributed by atoms with Crippen LogP contribution in [0.5, 0.6) is 0 Å². The molecule has 0 saturated heterocycles. The van der Waals surface area contributed by atoms with Crippen LogP contribution in [-0.2, 0) is 6.42 Å². The fourth-order valence-electron chi connectivity index (χ4n) is 1.98. The summed E-state index contributed by atoms with van der Waals surface area (Å²) in [6.45, 7) is 3.03. The summed E-state index contributed by atoms with van der Waals surface area (Å²) in [5, 5.41) is 6.43. The number of nitrogens with one attached hydrogen (secondary N) is 1. The molecule has 0 aliphatic carbocycles. The van der Waals surface area contributed by atoms with Crippen molar-refractivity contribution in [2.45, 2.75) is 19.4 Å². The third kappa shape index (κ3) is 4.30. The zero-order valence-corrected chi connectivity index (χ0v) is 15.2. The first kappa shape index (κ1) is 15.5. The highest BCUT2D eigenvalue weighted by atomic mass is 79.9. The van der Waals surface area contributed by atoms with E-state index in [1.165, 1.54) is 4.88 Å². The largest absolute Gasteiger partial charge is 0.310 e. The summed E-state index contributed by atoms with van der Waals surface area (Å²) < 4.78 is 2.20. The number of halogens is 3. The first-order chi connectivity index (χ1) is 9.10. The predicted molar refractivity (Wildman–Crippen MR) is 91.3 cm³/mol. The highest BCUT2D eigenvalue weighted by Gasteiger charge is 2.16. The van der Waals surface area contributed by atoms with E-state index in [0.29, 0.717) is 0 Å². The van der Waals surface area contributed by atoms with Crippen LogP contribution in [0.15, 0.2) is 38.6 Å². The summed E-state index contributed by atoms with van der Waals surface area (Å²) >= 11 is 15.1. The second-order valence-corrected chi connectivity index (χ2v) is 7.45. The molecule has 1 atom stereocenters. The van der Waals surface area contributed by atoms with Crippen LogP contribution in [0.4, 0.5) is 0 Å². The molecule has 0 aliphatic heterocycles. The van der Waals surface area contributed by atoms with Gasteiger partial charge in [0.15, 0.2) is 0 Å². The normalized spacial score (nSPS) is 12.6. The summed E-state index contributed by atoms with van der Waals surface area (Å²) in [5.41, 5.74) is 1.14. The number of rotatable bonds is 5. The minimum absolute atomic E-state index is 0.237. The Morgan fingerprint density at radius 2 is 2.05 bits per heavy atom. The van der Waals surface area contributed by atoms with Gasteiger partial charge in [-0.1, -0.05) is 34.5 Å². The zero-order chi connectivity index (χ0) is 13.8. The molecule has 5 heteroatoms. The number of thiophene rings is 1. The van der Waals surface area contributed by atoms with Crippen molar-refractivity contribution in [3.05, 3.63) is 54.1 Å². The van der Waals surface area contributed by atoms with Gasteiger partial charge in [-0.25, -0.2) is 0 Å². The minimum Gasteiger partial charge on any atom is -0.310 e. The molecule has 1 nitrogen and oxygen atoms in total. The van der Waals surface area contributed by atoms with Gasteiger partial charge in [0.05, 0.1) is 0 Å². The maximum atomic E-state index is 6.33. The van der Waals surface area contributed by atoms with Crippen molar-refractivity contribution >= 4 is 54.8 Å². The van der Waals surface area contributed by atoms with Crippen LogP contribution in [-0.4, -0.2) is 6.54 Å². The fraction of sp³-hybridized carbons (Fsp3) is 0.286. The molecule has 2 aromatic rings. The standard InChI is InChI=1S/C14H14Br2ClNS/c1-2-18-14(7-11-5-10(16)8-19-11)12-6-9(15)3-4-13(12)17/h3-6,8,14,18H,2,7H2,1H3. The van der Waals surface area contributed by atoms with E-state index in [4.69, 9.17) is 11.6 Å². The van der Waals surface area contributed by atoms with Crippen LogP contribution in [0.2, 0.25) is 5.02 Å². The minimum atomic E-state index is 0.237. The van der Waals surface area contributed by atoms with Crippen molar-refractivity contribution in [2.24, 2.45) is 0 Å². The average Bonchev–Trinajstić information content (AvgIpc) is 2.77. The number of hydrogen-bond donors (Lipinski definition) is 1. The fourth-order valence-corrected chi connectivity index (χ4v) is 4.11. The van der Waals surface area contributed by atoms with Gasteiger partial charge in [-0.3, -0.25) is 0 Å². The molecule has 1 N–H and O–H groups in total. The Labute approximate surface area is 139 Å². The Kier molecular flexibility index (Phi) is 5.90. The second kappa shape index (κ2) is 7.23. The first-order valence-corrected chi connectivity index (χ1v) is 8.85. The lowest BCUT2D eigenvalue weighted by molar-refractivity contribution is 0.553. The molecule has 0 saturated carbocycles. The van der Waals surface area contributed by atoms with Crippen LogP contribution < -0.4 is 5.32 Å². The van der Waals surface area contributed by atoms with E-state index in [1.807, 2.05) is 12.1 Å². The molecule has 1 aromatic heterocycles. The van der Waals surface area contributed by atoms with Gasteiger partial charge in [-0.15, -0.1) is 11.3 Å². The number of likely N-dealkylation sites (N-methyl/N-ethyl adjacent to an activating group) is 1. The average molecular weight is 424 g/mol. The lowest BCUT2D eigenvalue weighted by atomic mass is 10.0. The van der Waals surface area contributed by atoms with Gasteiger partial charge in [0.1, 0.15) is 0 Å². The SMILES string of the molecule is CCNC(Cc1cc(Br)cs1)c1cc(Br)ccc1Cl. The molecular weight excluding hydrogens is 409 g/mol. The summed E-state index contributed by atoms with van der Waals surface area (Å²) in [6.07, 6.45) is 0.945. The van der Waals surface area contributed by atoms with Crippen LogP contribution in [0, 0.1) is 0 Å². The van der Waals surface area contributed by atoms with Crippen molar-refractivity contribution in [2.75, 3.05) is 6.54 Å². The molecule has 0 radical (unpaired) electrons. The summed E-state index contributed by atoms with van der Waals surface area (Å²) in [5.74, 6) is 0.